The average Bonchev–Trinajstić information content (AvgIpc) is 2.94. The van der Waals surface area contributed by atoms with Crippen molar-refractivity contribution in [3.63, 3.8) is 0 Å². The van der Waals surface area contributed by atoms with Crippen LogP contribution in [0.4, 0.5) is 5.69 Å². The first-order valence-corrected chi connectivity index (χ1v) is 6.03. The number of rotatable bonds is 2. The highest BCUT2D eigenvalue weighted by molar-refractivity contribution is 6.35. The maximum absolute atomic E-state index is 12.0. The Kier molecular flexibility index (Phi) is 2.64. The number of aryl methyl sites for hydroxylation is 1. The molecule has 6 heteroatoms. The van der Waals surface area contributed by atoms with Gasteiger partial charge in [-0.25, -0.2) is 4.98 Å². The van der Waals surface area contributed by atoms with Crippen molar-refractivity contribution >= 4 is 29.2 Å². The minimum absolute atomic E-state index is 0.218. The number of nitrogens with one attached hydrogen (secondary N) is 2. The summed E-state index contributed by atoms with van der Waals surface area (Å²) in [5.41, 5.74) is 8.98. The zero-order valence-electron chi connectivity index (χ0n) is 10.7. The molecule has 1 aromatic carbocycles. The van der Waals surface area contributed by atoms with E-state index in [4.69, 9.17) is 5.73 Å². The fourth-order valence-corrected chi connectivity index (χ4v) is 2.14. The Hall–Kier alpha value is -2.89. The van der Waals surface area contributed by atoms with Gasteiger partial charge in [0.05, 0.1) is 17.6 Å². The van der Waals surface area contributed by atoms with Gasteiger partial charge < -0.3 is 16.0 Å². The number of nitrogens with two attached hydrogens (primary N) is 1. The molecule has 2 aromatic rings. The summed E-state index contributed by atoms with van der Waals surface area (Å²) >= 11 is 0. The number of H-pyrrole nitrogens is 1. The summed E-state index contributed by atoms with van der Waals surface area (Å²) in [4.78, 5) is 30.3. The summed E-state index contributed by atoms with van der Waals surface area (Å²) in [6, 6.07) is 4.87. The molecule has 0 fully saturated rings. The molecule has 0 saturated heterocycles. The van der Waals surface area contributed by atoms with E-state index in [0.717, 1.165) is 5.69 Å². The fourth-order valence-electron chi connectivity index (χ4n) is 2.14. The molecular weight excluding hydrogens is 256 g/mol. The molecule has 3 rings (SSSR count). The molecule has 20 heavy (non-hydrogen) atoms. The molecule has 0 spiro atoms. The van der Waals surface area contributed by atoms with Crippen molar-refractivity contribution in [2.45, 2.75) is 6.92 Å². The monoisotopic (exact) mass is 268 g/mol. The topological polar surface area (TPSA) is 101 Å². The molecule has 100 valence electrons. The number of anilines is 1. The number of nitrogens with zero attached hydrogens (tertiary/aromatic N) is 1. The minimum Gasteiger partial charge on any atom is -0.366 e. The molecule has 0 bridgehead atoms. The van der Waals surface area contributed by atoms with Gasteiger partial charge >= 0.3 is 0 Å². The smallest absolute Gasteiger partial charge is 0.256 e. The normalized spacial score (nSPS) is 15.2. The summed E-state index contributed by atoms with van der Waals surface area (Å²) in [5.74, 6) is -0.744. The van der Waals surface area contributed by atoms with Gasteiger partial charge in [0.25, 0.3) is 5.91 Å². The van der Waals surface area contributed by atoms with Crippen LogP contribution in [0.25, 0.3) is 11.6 Å². The molecular formula is C14H12N4O2. The second-order valence-corrected chi connectivity index (χ2v) is 4.55. The quantitative estimate of drug-likeness (QED) is 0.716. The van der Waals surface area contributed by atoms with Crippen LogP contribution in [0.3, 0.4) is 0 Å². The van der Waals surface area contributed by atoms with Gasteiger partial charge in [0.15, 0.2) is 0 Å². The maximum atomic E-state index is 12.0. The SMILES string of the molecule is Cc1[nH]cnc1/C=C1\C(=O)Nc2ccc(C(N)=O)cc21. The second-order valence-electron chi connectivity index (χ2n) is 4.55. The van der Waals surface area contributed by atoms with Crippen LogP contribution in [-0.2, 0) is 4.79 Å². The maximum Gasteiger partial charge on any atom is 0.256 e. The van der Waals surface area contributed by atoms with Crippen LogP contribution in [-0.4, -0.2) is 21.8 Å². The van der Waals surface area contributed by atoms with Gasteiger partial charge in [-0.1, -0.05) is 0 Å². The van der Waals surface area contributed by atoms with Gasteiger partial charge in [0, 0.05) is 22.5 Å². The molecule has 0 atom stereocenters. The zero-order chi connectivity index (χ0) is 14.3. The van der Waals surface area contributed by atoms with Crippen LogP contribution < -0.4 is 11.1 Å². The van der Waals surface area contributed by atoms with Crippen molar-refractivity contribution in [1.82, 2.24) is 9.97 Å². The summed E-state index contributed by atoms with van der Waals surface area (Å²) in [6.45, 7) is 1.87. The van der Waals surface area contributed by atoms with Crippen LogP contribution >= 0.6 is 0 Å². The third-order valence-corrected chi connectivity index (χ3v) is 3.24. The molecule has 4 N–H and O–H groups in total. The molecule has 0 aliphatic carbocycles. The van der Waals surface area contributed by atoms with Crippen LogP contribution in [0.2, 0.25) is 0 Å². The summed E-state index contributed by atoms with van der Waals surface area (Å²) in [6.07, 6.45) is 3.26. The summed E-state index contributed by atoms with van der Waals surface area (Å²) in [5, 5.41) is 2.75. The molecule has 1 aliphatic rings. The van der Waals surface area contributed by atoms with E-state index in [9.17, 15) is 9.59 Å². The second kappa shape index (κ2) is 4.34. The first-order valence-electron chi connectivity index (χ1n) is 6.03. The van der Waals surface area contributed by atoms with E-state index in [1.54, 1.807) is 30.6 Å². The highest BCUT2D eigenvalue weighted by Crippen LogP contribution is 2.33. The van der Waals surface area contributed by atoms with Crippen molar-refractivity contribution in [2.24, 2.45) is 5.73 Å². The molecule has 2 heterocycles. The summed E-state index contributed by atoms with van der Waals surface area (Å²) < 4.78 is 0. The Balaban J connectivity index is 2.13. The predicted octanol–water partition coefficient (Wildman–Crippen LogP) is 1.31. The zero-order valence-corrected chi connectivity index (χ0v) is 10.7. The fraction of sp³-hybridized carbons (Fsp3) is 0.0714. The summed E-state index contributed by atoms with van der Waals surface area (Å²) in [7, 11) is 0. The van der Waals surface area contributed by atoms with Crippen LogP contribution in [0.5, 0.6) is 0 Å². The Morgan fingerprint density at radius 1 is 1.40 bits per heavy atom. The van der Waals surface area contributed by atoms with Gasteiger partial charge in [-0.05, 0) is 31.2 Å². The van der Waals surface area contributed by atoms with Crippen molar-refractivity contribution in [1.29, 1.82) is 0 Å². The first-order chi connectivity index (χ1) is 9.56. The number of imidazole rings is 1. The molecule has 2 amide bonds. The van der Waals surface area contributed by atoms with E-state index in [2.05, 4.69) is 15.3 Å². The van der Waals surface area contributed by atoms with Crippen LogP contribution in [0, 0.1) is 6.92 Å². The lowest BCUT2D eigenvalue weighted by Crippen LogP contribution is -2.10. The third-order valence-electron chi connectivity index (χ3n) is 3.24. The average molecular weight is 268 g/mol. The Bertz CT molecular complexity index is 758. The first kappa shape index (κ1) is 12.2. The van der Waals surface area contributed by atoms with E-state index in [-0.39, 0.29) is 5.91 Å². The number of fused-ring (bicyclic) bond motifs is 1. The van der Waals surface area contributed by atoms with Gasteiger partial charge in [-0.2, -0.15) is 0 Å². The van der Waals surface area contributed by atoms with Crippen molar-refractivity contribution in [3.05, 3.63) is 47.0 Å². The number of hydrogen-bond acceptors (Lipinski definition) is 3. The third kappa shape index (κ3) is 1.87. The van der Waals surface area contributed by atoms with Crippen molar-refractivity contribution in [3.8, 4) is 0 Å². The van der Waals surface area contributed by atoms with E-state index < -0.39 is 5.91 Å². The molecule has 0 unspecified atom stereocenters. The number of carbonyl (C=O) groups excluding carboxylic acids is 2. The van der Waals surface area contributed by atoms with E-state index >= 15 is 0 Å². The van der Waals surface area contributed by atoms with Gasteiger partial charge in [-0.3, -0.25) is 9.59 Å². The number of aromatic amines is 1. The predicted molar refractivity (Wildman–Crippen MR) is 74.8 cm³/mol. The largest absolute Gasteiger partial charge is 0.366 e. The van der Waals surface area contributed by atoms with Gasteiger partial charge in [0.1, 0.15) is 0 Å². The molecule has 0 radical (unpaired) electrons. The Morgan fingerprint density at radius 2 is 2.20 bits per heavy atom. The number of aromatic nitrogens is 2. The molecule has 0 saturated carbocycles. The molecule has 1 aromatic heterocycles. The van der Waals surface area contributed by atoms with Crippen LogP contribution in [0.1, 0.15) is 27.3 Å². The number of amides is 2. The Morgan fingerprint density at radius 3 is 2.85 bits per heavy atom. The van der Waals surface area contributed by atoms with Gasteiger partial charge in [0.2, 0.25) is 5.91 Å². The lowest BCUT2D eigenvalue weighted by molar-refractivity contribution is -0.110. The number of primary amides is 1. The standard InChI is InChI=1S/C14H12N4O2/c1-7-12(17-6-16-7)5-10-9-4-8(13(15)19)2-3-11(9)18-14(10)20/h2-6H,1H3,(H2,15,19)(H,16,17)(H,18,20)/b10-5-. The van der Waals surface area contributed by atoms with E-state index in [1.807, 2.05) is 6.92 Å². The van der Waals surface area contributed by atoms with E-state index in [0.29, 0.717) is 28.1 Å². The number of hydrogen-bond donors (Lipinski definition) is 3. The number of carbonyl (C=O) groups is 2. The van der Waals surface area contributed by atoms with Crippen molar-refractivity contribution < 1.29 is 9.59 Å². The molecule has 1 aliphatic heterocycles. The number of benzene rings is 1. The minimum atomic E-state index is -0.526. The highest BCUT2D eigenvalue weighted by atomic mass is 16.2. The Labute approximate surface area is 114 Å². The van der Waals surface area contributed by atoms with Crippen LogP contribution in [0.15, 0.2) is 24.5 Å². The van der Waals surface area contributed by atoms with E-state index in [1.165, 1.54) is 0 Å². The lowest BCUT2D eigenvalue weighted by Gasteiger charge is -2.01. The molecule has 6 nitrogen and oxygen atoms in total. The van der Waals surface area contributed by atoms with Gasteiger partial charge in [-0.15, -0.1) is 0 Å². The van der Waals surface area contributed by atoms with Crippen molar-refractivity contribution in [2.75, 3.05) is 5.32 Å². The highest BCUT2D eigenvalue weighted by Gasteiger charge is 2.25. The lowest BCUT2D eigenvalue weighted by atomic mass is 10.0.